The van der Waals surface area contributed by atoms with Crippen molar-refractivity contribution in [2.24, 2.45) is 10.2 Å². The highest BCUT2D eigenvalue weighted by Gasteiger charge is 2.20. The van der Waals surface area contributed by atoms with Crippen LogP contribution in [-0.2, 0) is 9.59 Å². The van der Waals surface area contributed by atoms with E-state index < -0.39 is 16.8 Å². The van der Waals surface area contributed by atoms with Crippen LogP contribution in [0.15, 0.2) is 46.6 Å². The van der Waals surface area contributed by atoms with E-state index in [2.05, 4.69) is 36.8 Å². The number of azo groups is 1. The molecule has 0 fully saturated rings. The first kappa shape index (κ1) is 27.1. The molecule has 10 heteroatoms. The average molecular weight is 556 g/mol. The maximum atomic E-state index is 12.5. The first-order valence-electron chi connectivity index (χ1n) is 11.5. The van der Waals surface area contributed by atoms with Gasteiger partial charge < -0.3 is 26.6 Å². The Kier molecular flexibility index (Phi) is 8.65. The number of aromatic hydroxyl groups is 1. The van der Waals surface area contributed by atoms with Gasteiger partial charge in [-0.1, -0.05) is 28.9 Å². The molecule has 0 saturated carbocycles. The Morgan fingerprint density at radius 2 is 1.81 bits per heavy atom. The summed E-state index contributed by atoms with van der Waals surface area (Å²) in [6.45, 7) is 7.55. The van der Waals surface area contributed by atoms with Crippen LogP contribution in [0.5, 0.6) is 5.75 Å². The van der Waals surface area contributed by atoms with Crippen LogP contribution in [0.3, 0.4) is 0 Å². The van der Waals surface area contributed by atoms with Gasteiger partial charge in [0.05, 0.1) is 16.8 Å². The number of phenols is 1. The lowest BCUT2D eigenvalue weighted by Gasteiger charge is -2.16. The Balaban J connectivity index is 1.78. The lowest BCUT2D eigenvalue weighted by atomic mass is 10.0. The Morgan fingerprint density at radius 1 is 1.08 bits per heavy atom. The number of alkyl halides is 1. The number of amides is 1. The van der Waals surface area contributed by atoms with Crippen molar-refractivity contribution in [1.82, 2.24) is 5.32 Å². The summed E-state index contributed by atoms with van der Waals surface area (Å²) in [5.41, 5.74) is 10.8. The fraction of sp³-hybridized carbons (Fsp3) is 0.308. The number of nitrogens with one attached hydrogen (secondary N) is 2. The van der Waals surface area contributed by atoms with Gasteiger partial charge in [-0.05, 0) is 79.6 Å². The van der Waals surface area contributed by atoms with Gasteiger partial charge in [0.1, 0.15) is 22.3 Å². The number of carboxylic acid groups (broad SMARTS) is 1. The van der Waals surface area contributed by atoms with Gasteiger partial charge in [-0.3, -0.25) is 9.59 Å². The number of rotatable bonds is 9. The van der Waals surface area contributed by atoms with E-state index in [1.807, 2.05) is 32.9 Å². The minimum atomic E-state index is -0.955. The van der Waals surface area contributed by atoms with Gasteiger partial charge in [-0.15, -0.1) is 5.11 Å². The van der Waals surface area contributed by atoms with E-state index in [1.165, 1.54) is 0 Å². The standard InChI is InChI=1S/C26H30BrN5O4/c1-5-19(26(35)36)29-12-18(27)25(34)30-17-6-7-20(14(3)11-17)31-32-24-22-16(10-15(4)23(24)28)8-13(2)9-21(22)33/h6-11,18-19,29,33H,5,12,28H2,1-4H3,(H,30,34)(H,35,36). The summed E-state index contributed by atoms with van der Waals surface area (Å²) in [5.74, 6) is -1.17. The van der Waals surface area contributed by atoms with Crippen molar-refractivity contribution in [1.29, 1.82) is 0 Å². The molecule has 190 valence electrons. The van der Waals surface area contributed by atoms with E-state index in [0.717, 1.165) is 22.1 Å². The number of phenolic OH excluding ortho intramolecular Hbond substituents is 1. The molecule has 3 rings (SSSR count). The number of aryl methyl sites for hydroxylation is 3. The van der Waals surface area contributed by atoms with Crippen molar-refractivity contribution < 1.29 is 19.8 Å². The second kappa shape index (κ2) is 11.5. The summed E-state index contributed by atoms with van der Waals surface area (Å²) in [6, 6.07) is 10.0. The summed E-state index contributed by atoms with van der Waals surface area (Å²) >= 11 is 3.30. The van der Waals surface area contributed by atoms with Crippen molar-refractivity contribution in [3.63, 3.8) is 0 Å². The molecular weight excluding hydrogens is 526 g/mol. The van der Waals surface area contributed by atoms with E-state index in [1.54, 1.807) is 31.2 Å². The lowest BCUT2D eigenvalue weighted by Crippen LogP contribution is -2.42. The number of anilines is 2. The number of carbonyl (C=O) groups is 2. The number of nitrogen functional groups attached to an aromatic ring is 1. The van der Waals surface area contributed by atoms with Crippen molar-refractivity contribution in [2.45, 2.75) is 45.0 Å². The van der Waals surface area contributed by atoms with Crippen LogP contribution < -0.4 is 16.4 Å². The van der Waals surface area contributed by atoms with E-state index in [0.29, 0.717) is 34.6 Å². The molecule has 2 unspecified atom stereocenters. The molecule has 0 spiro atoms. The monoisotopic (exact) mass is 555 g/mol. The minimum Gasteiger partial charge on any atom is -0.507 e. The molecule has 0 bridgehead atoms. The summed E-state index contributed by atoms with van der Waals surface area (Å²) in [5, 5.41) is 35.5. The molecule has 0 heterocycles. The number of hydrogen-bond acceptors (Lipinski definition) is 7. The number of halogens is 1. The van der Waals surface area contributed by atoms with E-state index in [-0.39, 0.29) is 18.2 Å². The van der Waals surface area contributed by atoms with E-state index in [4.69, 9.17) is 10.8 Å². The van der Waals surface area contributed by atoms with Crippen LogP contribution in [0.4, 0.5) is 22.7 Å². The molecule has 3 aromatic carbocycles. The largest absolute Gasteiger partial charge is 0.507 e. The summed E-state index contributed by atoms with van der Waals surface area (Å²) in [7, 11) is 0. The van der Waals surface area contributed by atoms with Gasteiger partial charge in [0.2, 0.25) is 5.91 Å². The van der Waals surface area contributed by atoms with Crippen LogP contribution in [-0.4, -0.2) is 39.5 Å². The Bertz CT molecular complexity index is 1340. The molecule has 36 heavy (non-hydrogen) atoms. The predicted octanol–water partition coefficient (Wildman–Crippen LogP) is 5.62. The van der Waals surface area contributed by atoms with Crippen molar-refractivity contribution in [3.8, 4) is 5.75 Å². The Labute approximate surface area is 217 Å². The van der Waals surface area contributed by atoms with Crippen molar-refractivity contribution in [2.75, 3.05) is 17.6 Å². The number of hydrogen-bond donors (Lipinski definition) is 5. The molecule has 0 aromatic heterocycles. The molecule has 0 radical (unpaired) electrons. The predicted molar refractivity (Wildman–Crippen MR) is 146 cm³/mol. The number of carbonyl (C=O) groups excluding carboxylic acids is 1. The van der Waals surface area contributed by atoms with Gasteiger partial charge >= 0.3 is 5.97 Å². The van der Waals surface area contributed by atoms with Crippen LogP contribution in [0, 0.1) is 20.8 Å². The third-order valence-corrected chi connectivity index (χ3v) is 6.58. The van der Waals surface area contributed by atoms with Gasteiger partial charge in [0.25, 0.3) is 0 Å². The fourth-order valence-electron chi connectivity index (χ4n) is 3.82. The minimum absolute atomic E-state index is 0.0906. The van der Waals surface area contributed by atoms with Gasteiger partial charge in [-0.2, -0.15) is 5.11 Å². The highest BCUT2D eigenvalue weighted by Crippen LogP contribution is 2.41. The zero-order chi connectivity index (χ0) is 26.6. The van der Waals surface area contributed by atoms with Crippen molar-refractivity contribution >= 4 is 61.3 Å². The van der Waals surface area contributed by atoms with Crippen molar-refractivity contribution in [3.05, 3.63) is 53.1 Å². The number of nitrogens with two attached hydrogens (primary N) is 1. The summed E-state index contributed by atoms with van der Waals surface area (Å²) in [4.78, 5) is 23.0. The number of fused-ring (bicyclic) bond motifs is 1. The average Bonchev–Trinajstić information content (AvgIpc) is 2.80. The number of carboxylic acids is 1. The molecular formula is C26H30BrN5O4. The normalized spacial score (nSPS) is 13.1. The molecule has 1 amide bonds. The zero-order valence-electron chi connectivity index (χ0n) is 20.6. The zero-order valence-corrected chi connectivity index (χ0v) is 22.2. The quantitative estimate of drug-likeness (QED) is 0.131. The number of aliphatic carboxylic acids is 1. The Morgan fingerprint density at radius 3 is 2.44 bits per heavy atom. The molecule has 0 saturated heterocycles. The molecule has 2 atom stereocenters. The fourth-order valence-corrected chi connectivity index (χ4v) is 4.12. The van der Waals surface area contributed by atoms with Crippen LogP contribution in [0.2, 0.25) is 0 Å². The third-order valence-electron chi connectivity index (χ3n) is 5.84. The number of benzene rings is 3. The topological polar surface area (TPSA) is 149 Å². The highest BCUT2D eigenvalue weighted by molar-refractivity contribution is 9.10. The number of nitrogens with zero attached hydrogens (tertiary/aromatic N) is 2. The highest BCUT2D eigenvalue weighted by atomic mass is 79.9. The molecule has 6 N–H and O–H groups in total. The molecule has 3 aromatic rings. The van der Waals surface area contributed by atoms with Gasteiger partial charge in [0.15, 0.2) is 0 Å². The maximum Gasteiger partial charge on any atom is 0.320 e. The van der Waals surface area contributed by atoms with Crippen LogP contribution in [0.1, 0.15) is 30.0 Å². The van der Waals surface area contributed by atoms with Gasteiger partial charge in [-0.25, -0.2) is 0 Å². The second-order valence-corrected chi connectivity index (χ2v) is 9.81. The SMILES string of the molecule is CCC(NCC(Br)C(=O)Nc1ccc(N=Nc2c(N)c(C)cc3cc(C)cc(O)c23)c(C)c1)C(=O)O. The third kappa shape index (κ3) is 6.19. The first-order chi connectivity index (χ1) is 17.0. The lowest BCUT2D eigenvalue weighted by molar-refractivity contribution is -0.139. The second-order valence-electron chi connectivity index (χ2n) is 8.70. The summed E-state index contributed by atoms with van der Waals surface area (Å²) < 4.78 is 0. The van der Waals surface area contributed by atoms with E-state index >= 15 is 0 Å². The molecule has 0 aliphatic rings. The summed E-state index contributed by atoms with van der Waals surface area (Å²) in [6.07, 6.45) is 0.412. The molecule has 0 aliphatic carbocycles. The first-order valence-corrected chi connectivity index (χ1v) is 12.4. The molecule has 0 aliphatic heterocycles. The van der Waals surface area contributed by atoms with Crippen LogP contribution >= 0.6 is 15.9 Å². The molecule has 9 nitrogen and oxygen atoms in total. The Hall–Kier alpha value is -3.50. The smallest absolute Gasteiger partial charge is 0.320 e. The maximum absolute atomic E-state index is 12.5. The van der Waals surface area contributed by atoms with Gasteiger partial charge in [0, 0.05) is 12.2 Å². The van der Waals surface area contributed by atoms with E-state index in [9.17, 15) is 14.7 Å². The van der Waals surface area contributed by atoms with Crippen LogP contribution in [0.25, 0.3) is 10.8 Å².